The molecule has 154 valence electrons. The molecule has 0 aliphatic heterocycles. The van der Waals surface area contributed by atoms with Crippen LogP contribution in [0.1, 0.15) is 30.3 Å². The molecule has 0 spiro atoms. The van der Waals surface area contributed by atoms with Crippen molar-refractivity contribution in [3.8, 4) is 0 Å². The average molecular weight is 426 g/mol. The van der Waals surface area contributed by atoms with Crippen molar-refractivity contribution in [2.24, 2.45) is 0 Å². The van der Waals surface area contributed by atoms with Gasteiger partial charge < -0.3 is 10.6 Å². The number of amides is 2. The van der Waals surface area contributed by atoms with Gasteiger partial charge in [0.2, 0.25) is 0 Å². The molecule has 6 nitrogen and oxygen atoms in total. The molecule has 2 aromatic heterocycles. The Labute approximate surface area is 170 Å². The minimum Gasteiger partial charge on any atom is -0.336 e. The zero-order valence-corrected chi connectivity index (χ0v) is 16.3. The summed E-state index contributed by atoms with van der Waals surface area (Å²) in [5.74, 6) is 0.139. The molecule has 0 aliphatic carbocycles. The van der Waals surface area contributed by atoms with E-state index in [4.69, 9.17) is 11.6 Å². The molecule has 29 heavy (non-hydrogen) atoms. The summed E-state index contributed by atoms with van der Waals surface area (Å²) in [5, 5.41) is 12.8. The molecule has 0 unspecified atom stereocenters. The number of fused-ring (bicyclic) bond motifs is 1. The maximum atomic E-state index is 13.0. The second-order valence-electron chi connectivity index (χ2n) is 6.64. The molecule has 10 heteroatoms. The summed E-state index contributed by atoms with van der Waals surface area (Å²) in [5.41, 5.74) is 0.344. The van der Waals surface area contributed by atoms with Gasteiger partial charge in [-0.25, -0.2) is 4.79 Å². The van der Waals surface area contributed by atoms with Crippen molar-refractivity contribution >= 4 is 23.3 Å². The van der Waals surface area contributed by atoms with E-state index in [0.29, 0.717) is 0 Å². The first-order valence-corrected chi connectivity index (χ1v) is 9.30. The second kappa shape index (κ2) is 8.69. The van der Waals surface area contributed by atoms with Gasteiger partial charge in [-0.3, -0.25) is 4.40 Å². The lowest BCUT2D eigenvalue weighted by molar-refractivity contribution is -0.137. The number of pyridine rings is 1. The van der Waals surface area contributed by atoms with Gasteiger partial charge >= 0.3 is 12.2 Å². The fourth-order valence-electron chi connectivity index (χ4n) is 2.81. The highest BCUT2D eigenvalue weighted by molar-refractivity contribution is 6.33. The molecule has 0 radical (unpaired) electrons. The first-order valence-electron chi connectivity index (χ1n) is 8.92. The van der Waals surface area contributed by atoms with Crippen LogP contribution in [-0.4, -0.2) is 26.7 Å². The Kier molecular flexibility index (Phi) is 6.26. The maximum absolute atomic E-state index is 13.0. The van der Waals surface area contributed by atoms with E-state index in [9.17, 15) is 18.0 Å². The normalized spacial score (nSPS) is 12.7. The van der Waals surface area contributed by atoms with Gasteiger partial charge in [-0.15, -0.1) is 10.2 Å². The first kappa shape index (κ1) is 20.9. The molecule has 0 saturated heterocycles. The number of aryl methyl sites for hydroxylation is 1. The number of alkyl halides is 3. The van der Waals surface area contributed by atoms with Crippen LogP contribution in [0.3, 0.4) is 0 Å². The summed E-state index contributed by atoms with van der Waals surface area (Å²) in [6.07, 6.45) is -2.14. The molecular formula is C19H19ClF3N5O. The monoisotopic (exact) mass is 425 g/mol. The molecule has 2 N–H and O–H groups in total. The lowest BCUT2D eigenvalue weighted by Crippen LogP contribution is -2.40. The number of rotatable bonds is 6. The van der Waals surface area contributed by atoms with Crippen molar-refractivity contribution in [1.82, 2.24) is 25.2 Å². The average Bonchev–Trinajstić information content (AvgIpc) is 3.08. The maximum Gasteiger partial charge on any atom is 0.417 e. The van der Waals surface area contributed by atoms with Crippen molar-refractivity contribution in [3.05, 3.63) is 64.6 Å². The van der Waals surface area contributed by atoms with Crippen molar-refractivity contribution in [2.75, 3.05) is 0 Å². The minimum atomic E-state index is -4.56. The van der Waals surface area contributed by atoms with Crippen molar-refractivity contribution < 1.29 is 18.0 Å². The molecule has 2 heterocycles. The summed E-state index contributed by atoms with van der Waals surface area (Å²) in [6, 6.07) is 10.2. The highest BCUT2D eigenvalue weighted by Crippen LogP contribution is 2.32. The van der Waals surface area contributed by atoms with Gasteiger partial charge in [0.25, 0.3) is 0 Å². The number of nitrogens with zero attached hydrogens (tertiary/aromatic N) is 3. The summed E-state index contributed by atoms with van der Waals surface area (Å²) < 4.78 is 40.1. The van der Waals surface area contributed by atoms with Crippen LogP contribution in [0.5, 0.6) is 0 Å². The number of nitrogens with one attached hydrogen (secondary N) is 2. The van der Waals surface area contributed by atoms with Crippen molar-refractivity contribution in [1.29, 1.82) is 0 Å². The first-order chi connectivity index (χ1) is 13.7. The molecule has 2 amide bonds. The van der Waals surface area contributed by atoms with Crippen molar-refractivity contribution in [2.45, 2.75) is 38.5 Å². The molecular weight excluding hydrogens is 407 g/mol. The van der Waals surface area contributed by atoms with Gasteiger partial charge in [0.15, 0.2) is 11.5 Å². The van der Waals surface area contributed by atoms with E-state index in [1.165, 1.54) is 5.56 Å². The number of aromatic nitrogens is 3. The van der Waals surface area contributed by atoms with Crippen LogP contribution in [0.2, 0.25) is 5.02 Å². The Bertz CT molecular complexity index is 991. The standard InChI is InChI=1S/C19H19ClF3N5O/c1-12(7-8-13-5-3-2-4-6-13)25-18(29)24-10-16-26-27-17-15(20)9-14(11-28(16)17)19(21,22)23/h2-6,9,11-12H,7-8,10H2,1H3,(H2,24,25,29)/t12-/m1/s1. The highest BCUT2D eigenvalue weighted by atomic mass is 35.5. The molecule has 0 bridgehead atoms. The van der Waals surface area contributed by atoms with E-state index < -0.39 is 17.8 Å². The topological polar surface area (TPSA) is 71.3 Å². The number of benzene rings is 1. The number of carbonyl (C=O) groups excluding carboxylic acids is 1. The SMILES string of the molecule is C[C@H](CCc1ccccc1)NC(=O)NCc1nnc2c(Cl)cc(C(F)(F)F)cn12. The number of halogens is 4. The van der Waals surface area contributed by atoms with E-state index in [2.05, 4.69) is 20.8 Å². The number of carbonyl (C=O) groups is 1. The Morgan fingerprint density at radius 2 is 1.97 bits per heavy atom. The summed E-state index contributed by atoms with van der Waals surface area (Å²) in [6.45, 7) is 1.78. The smallest absolute Gasteiger partial charge is 0.336 e. The van der Waals surface area contributed by atoms with Gasteiger partial charge in [0, 0.05) is 12.2 Å². The Balaban J connectivity index is 1.58. The molecule has 1 aromatic carbocycles. The van der Waals surface area contributed by atoms with Gasteiger partial charge in [0.05, 0.1) is 17.1 Å². The van der Waals surface area contributed by atoms with Crippen LogP contribution in [0.25, 0.3) is 5.65 Å². The van der Waals surface area contributed by atoms with Gasteiger partial charge in [-0.05, 0) is 31.4 Å². The highest BCUT2D eigenvalue weighted by Gasteiger charge is 2.32. The Morgan fingerprint density at radius 1 is 1.24 bits per heavy atom. The minimum absolute atomic E-state index is 0.0865. The van der Waals surface area contributed by atoms with Crippen LogP contribution < -0.4 is 10.6 Å². The van der Waals surface area contributed by atoms with E-state index in [0.717, 1.165) is 29.5 Å². The fourth-order valence-corrected chi connectivity index (χ4v) is 3.06. The zero-order valence-electron chi connectivity index (χ0n) is 15.5. The summed E-state index contributed by atoms with van der Waals surface area (Å²) in [4.78, 5) is 12.1. The predicted octanol–water partition coefficient (Wildman–Crippen LogP) is 4.22. The molecule has 3 aromatic rings. The third kappa shape index (κ3) is 5.38. The van der Waals surface area contributed by atoms with Crippen molar-refractivity contribution in [3.63, 3.8) is 0 Å². The van der Waals surface area contributed by atoms with Crippen LogP contribution in [0.4, 0.5) is 18.0 Å². The molecule has 0 aliphatic rings. The molecule has 3 rings (SSSR count). The molecule has 1 atom stereocenters. The summed E-state index contributed by atoms with van der Waals surface area (Å²) >= 11 is 5.88. The Morgan fingerprint density at radius 3 is 2.66 bits per heavy atom. The van der Waals surface area contributed by atoms with Gasteiger partial charge in [-0.1, -0.05) is 41.9 Å². The van der Waals surface area contributed by atoms with Crippen LogP contribution in [0.15, 0.2) is 42.6 Å². The second-order valence-corrected chi connectivity index (χ2v) is 7.04. The van der Waals surface area contributed by atoms with Crippen LogP contribution in [-0.2, 0) is 19.1 Å². The third-order valence-corrected chi connectivity index (χ3v) is 4.63. The number of hydrogen-bond acceptors (Lipinski definition) is 3. The third-order valence-electron chi connectivity index (χ3n) is 4.35. The van der Waals surface area contributed by atoms with Gasteiger partial charge in [-0.2, -0.15) is 13.2 Å². The molecule has 0 saturated carbocycles. The lowest BCUT2D eigenvalue weighted by Gasteiger charge is -2.14. The van der Waals surface area contributed by atoms with Crippen LogP contribution in [0, 0.1) is 0 Å². The van der Waals surface area contributed by atoms with Gasteiger partial charge in [0.1, 0.15) is 0 Å². The van der Waals surface area contributed by atoms with E-state index >= 15 is 0 Å². The quantitative estimate of drug-likeness (QED) is 0.621. The molecule has 0 fully saturated rings. The lowest BCUT2D eigenvalue weighted by atomic mass is 10.1. The van der Waals surface area contributed by atoms with Crippen LogP contribution >= 0.6 is 11.6 Å². The van der Waals surface area contributed by atoms with E-state index in [1.807, 2.05) is 37.3 Å². The largest absolute Gasteiger partial charge is 0.417 e. The predicted molar refractivity (Wildman–Crippen MR) is 103 cm³/mol. The van der Waals surface area contributed by atoms with E-state index in [1.54, 1.807) is 0 Å². The number of hydrogen-bond donors (Lipinski definition) is 2. The summed E-state index contributed by atoms with van der Waals surface area (Å²) in [7, 11) is 0. The Hall–Kier alpha value is -2.81. The number of urea groups is 1. The van der Waals surface area contributed by atoms with E-state index in [-0.39, 0.29) is 29.1 Å². The zero-order chi connectivity index (χ0) is 21.0. The fraction of sp³-hybridized carbons (Fsp3) is 0.316.